The van der Waals surface area contributed by atoms with Crippen LogP contribution in [0.1, 0.15) is 50.2 Å². The van der Waals surface area contributed by atoms with E-state index in [1.807, 2.05) is 49.4 Å². The lowest BCUT2D eigenvalue weighted by atomic mass is 10.1. The van der Waals surface area contributed by atoms with Crippen LogP contribution in [0, 0.1) is 0 Å². The van der Waals surface area contributed by atoms with E-state index >= 15 is 0 Å². The number of benzene rings is 2. The summed E-state index contributed by atoms with van der Waals surface area (Å²) in [6, 6.07) is 17.6. The van der Waals surface area contributed by atoms with E-state index in [0.717, 1.165) is 42.7 Å². The monoisotopic (exact) mass is 472 g/mol. The van der Waals surface area contributed by atoms with E-state index in [4.69, 9.17) is 11.6 Å². The number of carbonyl (C=O) groups excluding carboxylic acids is 2. The van der Waals surface area contributed by atoms with Crippen molar-refractivity contribution in [1.82, 2.24) is 10.2 Å². The third-order valence-electron chi connectivity index (χ3n) is 6.01. The molecule has 1 aliphatic carbocycles. The Morgan fingerprint density at radius 2 is 1.78 bits per heavy atom. The molecule has 1 unspecified atom stereocenters. The summed E-state index contributed by atoms with van der Waals surface area (Å²) in [6.07, 6.45) is 5.74. The number of hydrogen-bond donors (Lipinski definition) is 1. The summed E-state index contributed by atoms with van der Waals surface area (Å²) in [7, 11) is 0. The van der Waals surface area contributed by atoms with E-state index in [9.17, 15) is 9.59 Å². The van der Waals surface area contributed by atoms with Crippen molar-refractivity contribution in [3.05, 3.63) is 70.7 Å². The Bertz CT molecular complexity index is 871. The van der Waals surface area contributed by atoms with Gasteiger partial charge in [0.25, 0.3) is 0 Å². The van der Waals surface area contributed by atoms with Gasteiger partial charge in [0.2, 0.25) is 11.8 Å². The van der Waals surface area contributed by atoms with E-state index in [2.05, 4.69) is 17.4 Å². The fraction of sp³-hybridized carbons (Fsp3) is 0.462. The Hall–Kier alpha value is -1.98. The largest absolute Gasteiger partial charge is 0.352 e. The van der Waals surface area contributed by atoms with Gasteiger partial charge in [-0.15, -0.1) is 11.8 Å². The molecule has 0 bridgehead atoms. The zero-order chi connectivity index (χ0) is 22.8. The fourth-order valence-electron chi connectivity index (χ4n) is 4.21. The van der Waals surface area contributed by atoms with Crippen LogP contribution in [0.2, 0.25) is 5.02 Å². The second-order valence-electron chi connectivity index (χ2n) is 8.32. The number of hydrogen-bond acceptors (Lipinski definition) is 3. The highest BCUT2D eigenvalue weighted by atomic mass is 35.5. The molecule has 0 radical (unpaired) electrons. The third kappa shape index (κ3) is 7.28. The number of nitrogens with one attached hydrogen (secondary N) is 1. The summed E-state index contributed by atoms with van der Waals surface area (Å²) in [5.74, 6) is 0.985. The van der Waals surface area contributed by atoms with Crippen LogP contribution in [0.5, 0.6) is 0 Å². The molecule has 0 spiro atoms. The highest BCUT2D eigenvalue weighted by molar-refractivity contribution is 7.99. The molecule has 2 aromatic carbocycles. The topological polar surface area (TPSA) is 49.4 Å². The Balaban J connectivity index is 1.65. The minimum absolute atomic E-state index is 0.00593. The van der Waals surface area contributed by atoms with Crippen molar-refractivity contribution in [2.24, 2.45) is 0 Å². The summed E-state index contributed by atoms with van der Waals surface area (Å²) >= 11 is 7.80. The molecule has 3 rings (SSSR count). The molecule has 1 atom stereocenters. The van der Waals surface area contributed by atoms with Crippen LogP contribution in [0.15, 0.2) is 54.6 Å². The molecule has 2 amide bonds. The van der Waals surface area contributed by atoms with Gasteiger partial charge in [0.15, 0.2) is 0 Å². The normalized spacial score (nSPS) is 14.8. The van der Waals surface area contributed by atoms with E-state index in [0.29, 0.717) is 24.5 Å². The molecule has 4 nitrogen and oxygen atoms in total. The Kier molecular flexibility index (Phi) is 9.94. The maximum absolute atomic E-state index is 13.3. The number of halogens is 1. The molecule has 1 saturated carbocycles. The minimum atomic E-state index is -0.437. The van der Waals surface area contributed by atoms with E-state index in [1.54, 1.807) is 16.7 Å². The minimum Gasteiger partial charge on any atom is -0.352 e. The predicted molar refractivity (Wildman–Crippen MR) is 134 cm³/mol. The van der Waals surface area contributed by atoms with Gasteiger partial charge in [-0.3, -0.25) is 9.59 Å². The zero-order valence-electron chi connectivity index (χ0n) is 18.8. The summed E-state index contributed by atoms with van der Waals surface area (Å²) in [5, 5.41) is 3.91. The standard InChI is InChI=1S/C26H33ClN2O2S/c1-2-24(26(31)28-22-13-7-8-14-22)29(17-16-20-10-4-3-5-11-20)25(30)19-32-18-21-12-6-9-15-23(21)27/h3-6,9-12,15,22,24H,2,7-8,13-14,16-19H2,1H3,(H,28,31). The van der Waals surface area contributed by atoms with Gasteiger partial charge in [0.05, 0.1) is 5.75 Å². The first-order chi connectivity index (χ1) is 15.6. The first kappa shape index (κ1) is 24.7. The quantitative estimate of drug-likeness (QED) is 0.471. The smallest absolute Gasteiger partial charge is 0.243 e. The lowest BCUT2D eigenvalue weighted by Crippen LogP contribution is -2.52. The average Bonchev–Trinajstić information content (AvgIpc) is 3.31. The molecular weight excluding hydrogens is 440 g/mol. The van der Waals surface area contributed by atoms with Gasteiger partial charge in [0.1, 0.15) is 6.04 Å². The van der Waals surface area contributed by atoms with Gasteiger partial charge in [-0.1, -0.05) is 79.9 Å². The van der Waals surface area contributed by atoms with Crippen LogP contribution in [0.4, 0.5) is 0 Å². The maximum atomic E-state index is 13.3. The molecule has 0 aliphatic heterocycles. The summed E-state index contributed by atoms with van der Waals surface area (Å²) < 4.78 is 0. The maximum Gasteiger partial charge on any atom is 0.243 e. The molecule has 0 saturated heterocycles. The second kappa shape index (κ2) is 12.9. The van der Waals surface area contributed by atoms with Gasteiger partial charge < -0.3 is 10.2 Å². The molecular formula is C26H33ClN2O2S. The van der Waals surface area contributed by atoms with E-state index in [1.165, 1.54) is 5.56 Å². The van der Waals surface area contributed by atoms with Gasteiger partial charge >= 0.3 is 0 Å². The highest BCUT2D eigenvalue weighted by Crippen LogP contribution is 2.22. The zero-order valence-corrected chi connectivity index (χ0v) is 20.3. The predicted octanol–water partition coefficient (Wildman–Crippen LogP) is 5.48. The first-order valence-electron chi connectivity index (χ1n) is 11.5. The number of rotatable bonds is 11. The molecule has 172 valence electrons. The molecule has 1 aliphatic rings. The molecule has 32 heavy (non-hydrogen) atoms. The van der Waals surface area contributed by atoms with E-state index in [-0.39, 0.29) is 17.9 Å². The van der Waals surface area contributed by atoms with Crippen molar-refractivity contribution in [2.75, 3.05) is 12.3 Å². The summed E-state index contributed by atoms with van der Waals surface area (Å²) in [6.45, 7) is 2.52. The SMILES string of the molecule is CCC(C(=O)NC1CCCC1)N(CCc1ccccc1)C(=O)CSCc1ccccc1Cl. The Morgan fingerprint density at radius 3 is 2.47 bits per heavy atom. The number of amides is 2. The van der Waals surface area contributed by atoms with Crippen molar-refractivity contribution in [3.8, 4) is 0 Å². The molecule has 1 fully saturated rings. The van der Waals surface area contributed by atoms with Crippen molar-refractivity contribution in [1.29, 1.82) is 0 Å². The lowest BCUT2D eigenvalue weighted by molar-refractivity contribution is -0.139. The first-order valence-corrected chi connectivity index (χ1v) is 13.1. The third-order valence-corrected chi connectivity index (χ3v) is 7.35. The average molecular weight is 473 g/mol. The van der Waals surface area contributed by atoms with Crippen LogP contribution < -0.4 is 5.32 Å². The van der Waals surface area contributed by atoms with Crippen LogP contribution >= 0.6 is 23.4 Å². The van der Waals surface area contributed by atoms with Crippen LogP contribution in [-0.4, -0.2) is 41.1 Å². The number of carbonyl (C=O) groups is 2. The van der Waals surface area contributed by atoms with Crippen molar-refractivity contribution in [3.63, 3.8) is 0 Å². The second-order valence-corrected chi connectivity index (χ2v) is 9.71. The van der Waals surface area contributed by atoms with Crippen LogP contribution in [-0.2, 0) is 21.8 Å². The molecule has 6 heteroatoms. The molecule has 1 N–H and O–H groups in total. The summed E-state index contributed by atoms with van der Waals surface area (Å²) in [5.41, 5.74) is 2.19. The molecule has 0 heterocycles. The summed E-state index contributed by atoms with van der Waals surface area (Å²) in [4.78, 5) is 28.2. The van der Waals surface area contributed by atoms with E-state index < -0.39 is 6.04 Å². The van der Waals surface area contributed by atoms with Gasteiger partial charge in [0, 0.05) is 23.4 Å². The van der Waals surface area contributed by atoms with Crippen molar-refractivity contribution >= 4 is 35.2 Å². The van der Waals surface area contributed by atoms with Gasteiger partial charge in [-0.2, -0.15) is 0 Å². The van der Waals surface area contributed by atoms with Gasteiger partial charge in [-0.25, -0.2) is 0 Å². The van der Waals surface area contributed by atoms with Crippen molar-refractivity contribution < 1.29 is 9.59 Å². The Morgan fingerprint density at radius 1 is 1.09 bits per heavy atom. The highest BCUT2D eigenvalue weighted by Gasteiger charge is 2.30. The number of nitrogens with zero attached hydrogens (tertiary/aromatic N) is 1. The fourth-order valence-corrected chi connectivity index (χ4v) is 5.41. The molecule has 2 aromatic rings. The van der Waals surface area contributed by atoms with Gasteiger partial charge in [-0.05, 0) is 42.9 Å². The van der Waals surface area contributed by atoms with Crippen LogP contribution in [0.3, 0.4) is 0 Å². The number of thioether (sulfide) groups is 1. The van der Waals surface area contributed by atoms with Crippen LogP contribution in [0.25, 0.3) is 0 Å². The van der Waals surface area contributed by atoms with Crippen molar-refractivity contribution in [2.45, 2.75) is 63.3 Å². The Labute approximate surface area is 201 Å². The molecule has 0 aromatic heterocycles. The lowest BCUT2D eigenvalue weighted by Gasteiger charge is -2.31.